The lowest BCUT2D eigenvalue weighted by molar-refractivity contribution is 0.0331. The van der Waals surface area contributed by atoms with Crippen LogP contribution in [-0.4, -0.2) is 67.4 Å². The standard InChI is InChI=1S/C28H31N5OS/c1-21-6-5-9-23(18-21)32-10-12-33(13-11-32)27-26-24(22-7-3-2-4-8-22)20-35-28(26)30-25(29-27)19-31-14-16-34-17-15-31/h2-9,18,20H,10-17,19H2,1H3. The number of piperazine rings is 1. The number of hydrogen-bond donors (Lipinski definition) is 0. The van der Waals surface area contributed by atoms with Crippen LogP contribution >= 0.6 is 11.3 Å². The molecule has 0 unspecified atom stereocenters. The van der Waals surface area contributed by atoms with Gasteiger partial charge in [-0.1, -0.05) is 42.5 Å². The summed E-state index contributed by atoms with van der Waals surface area (Å²) >= 11 is 1.73. The molecule has 4 aromatic rings. The molecule has 0 atom stereocenters. The van der Waals surface area contributed by atoms with Gasteiger partial charge in [0.2, 0.25) is 0 Å². The Balaban J connectivity index is 1.34. The molecule has 7 heteroatoms. The van der Waals surface area contributed by atoms with E-state index in [1.54, 1.807) is 11.3 Å². The van der Waals surface area contributed by atoms with Crippen molar-refractivity contribution in [1.29, 1.82) is 0 Å². The average Bonchev–Trinajstić information content (AvgIpc) is 3.33. The summed E-state index contributed by atoms with van der Waals surface area (Å²) < 4.78 is 5.54. The van der Waals surface area contributed by atoms with Crippen molar-refractivity contribution in [2.45, 2.75) is 13.5 Å². The number of ether oxygens (including phenoxy) is 1. The van der Waals surface area contributed by atoms with Crippen LogP contribution in [0.15, 0.2) is 60.0 Å². The minimum Gasteiger partial charge on any atom is -0.379 e. The van der Waals surface area contributed by atoms with Crippen molar-refractivity contribution in [3.63, 3.8) is 0 Å². The molecule has 2 aromatic carbocycles. The van der Waals surface area contributed by atoms with E-state index in [1.165, 1.54) is 27.8 Å². The number of rotatable bonds is 5. The summed E-state index contributed by atoms with van der Waals surface area (Å²) in [5, 5.41) is 3.44. The quantitative estimate of drug-likeness (QED) is 0.404. The fraction of sp³-hybridized carbons (Fsp3) is 0.357. The van der Waals surface area contributed by atoms with Gasteiger partial charge in [-0.3, -0.25) is 4.90 Å². The molecule has 2 fully saturated rings. The topological polar surface area (TPSA) is 44.7 Å². The Morgan fingerprint density at radius 2 is 1.63 bits per heavy atom. The fourth-order valence-corrected chi connectivity index (χ4v) is 6.02. The summed E-state index contributed by atoms with van der Waals surface area (Å²) in [4.78, 5) is 18.7. The van der Waals surface area contributed by atoms with Gasteiger partial charge in [-0.15, -0.1) is 11.3 Å². The predicted octanol–water partition coefficient (Wildman–Crippen LogP) is 4.83. The summed E-state index contributed by atoms with van der Waals surface area (Å²) in [6, 6.07) is 19.5. The third-order valence-corrected chi connectivity index (χ3v) is 7.83. The van der Waals surface area contributed by atoms with Crippen molar-refractivity contribution in [2.24, 2.45) is 0 Å². The molecule has 0 saturated carbocycles. The van der Waals surface area contributed by atoms with Gasteiger partial charge < -0.3 is 14.5 Å². The Hall–Kier alpha value is -3.00. The van der Waals surface area contributed by atoms with Crippen molar-refractivity contribution < 1.29 is 4.74 Å². The Morgan fingerprint density at radius 3 is 2.40 bits per heavy atom. The normalized spacial score (nSPS) is 17.3. The van der Waals surface area contributed by atoms with Crippen LogP contribution in [0.3, 0.4) is 0 Å². The second-order valence-electron chi connectivity index (χ2n) is 9.36. The maximum absolute atomic E-state index is 5.54. The Morgan fingerprint density at radius 1 is 0.857 bits per heavy atom. The van der Waals surface area contributed by atoms with Crippen LogP contribution in [0.5, 0.6) is 0 Å². The first-order valence-corrected chi connectivity index (χ1v) is 13.3. The van der Waals surface area contributed by atoms with Crippen molar-refractivity contribution in [3.8, 4) is 11.1 Å². The first-order chi connectivity index (χ1) is 17.2. The van der Waals surface area contributed by atoms with E-state index in [2.05, 4.69) is 81.6 Å². The number of nitrogens with zero attached hydrogens (tertiary/aromatic N) is 5. The molecule has 0 amide bonds. The highest BCUT2D eigenvalue weighted by molar-refractivity contribution is 7.17. The molecule has 2 aliphatic rings. The summed E-state index contributed by atoms with van der Waals surface area (Å²) in [6.07, 6.45) is 0. The molecule has 0 aliphatic carbocycles. The highest BCUT2D eigenvalue weighted by atomic mass is 32.1. The smallest absolute Gasteiger partial charge is 0.146 e. The predicted molar refractivity (Wildman–Crippen MR) is 145 cm³/mol. The van der Waals surface area contributed by atoms with E-state index in [4.69, 9.17) is 14.7 Å². The number of anilines is 2. The highest BCUT2D eigenvalue weighted by Crippen LogP contribution is 2.39. The number of thiophene rings is 1. The van der Waals surface area contributed by atoms with Crippen LogP contribution in [-0.2, 0) is 11.3 Å². The van der Waals surface area contributed by atoms with Crippen molar-refractivity contribution in [1.82, 2.24) is 14.9 Å². The average molecular weight is 486 g/mol. The number of benzene rings is 2. The number of aryl methyl sites for hydroxylation is 1. The molecule has 0 radical (unpaired) electrons. The van der Waals surface area contributed by atoms with Gasteiger partial charge in [-0.25, -0.2) is 9.97 Å². The molecule has 180 valence electrons. The van der Waals surface area contributed by atoms with E-state index in [0.29, 0.717) is 0 Å². The first kappa shape index (κ1) is 22.5. The number of morpholine rings is 1. The van der Waals surface area contributed by atoms with Gasteiger partial charge in [0, 0.05) is 55.9 Å². The number of hydrogen-bond acceptors (Lipinski definition) is 7. The minimum absolute atomic E-state index is 0.772. The number of aromatic nitrogens is 2. The molecule has 2 saturated heterocycles. The zero-order chi connectivity index (χ0) is 23.6. The van der Waals surface area contributed by atoms with Gasteiger partial charge in [0.25, 0.3) is 0 Å². The van der Waals surface area contributed by atoms with Gasteiger partial charge in [0.1, 0.15) is 16.5 Å². The van der Waals surface area contributed by atoms with Gasteiger partial charge in [-0.05, 0) is 30.2 Å². The molecular formula is C28H31N5OS. The molecule has 2 aliphatic heterocycles. The van der Waals surface area contributed by atoms with Crippen LogP contribution in [0.2, 0.25) is 0 Å². The molecule has 0 N–H and O–H groups in total. The summed E-state index contributed by atoms with van der Waals surface area (Å²) in [5.41, 5.74) is 5.08. The largest absolute Gasteiger partial charge is 0.379 e. The minimum atomic E-state index is 0.772. The van der Waals surface area contributed by atoms with E-state index >= 15 is 0 Å². The monoisotopic (exact) mass is 485 g/mol. The molecule has 2 aromatic heterocycles. The van der Waals surface area contributed by atoms with Crippen LogP contribution in [0.1, 0.15) is 11.4 Å². The third kappa shape index (κ3) is 4.76. The van der Waals surface area contributed by atoms with Crippen molar-refractivity contribution in [3.05, 3.63) is 71.4 Å². The lowest BCUT2D eigenvalue weighted by atomic mass is 10.1. The van der Waals surface area contributed by atoms with Crippen LogP contribution < -0.4 is 9.80 Å². The molecule has 6 rings (SSSR count). The third-order valence-electron chi connectivity index (χ3n) is 6.96. The van der Waals surface area contributed by atoms with E-state index in [1.807, 2.05) is 0 Å². The second-order valence-corrected chi connectivity index (χ2v) is 10.2. The van der Waals surface area contributed by atoms with Crippen molar-refractivity contribution in [2.75, 3.05) is 62.3 Å². The molecule has 4 heterocycles. The zero-order valence-electron chi connectivity index (χ0n) is 20.2. The van der Waals surface area contributed by atoms with Crippen LogP contribution in [0.4, 0.5) is 11.5 Å². The Labute approximate surface area is 210 Å². The maximum Gasteiger partial charge on any atom is 0.146 e. The zero-order valence-corrected chi connectivity index (χ0v) is 21.0. The molecule has 6 nitrogen and oxygen atoms in total. The Bertz CT molecular complexity index is 1290. The number of fused-ring (bicyclic) bond motifs is 1. The highest BCUT2D eigenvalue weighted by Gasteiger charge is 2.24. The lowest BCUT2D eigenvalue weighted by Gasteiger charge is -2.37. The summed E-state index contributed by atoms with van der Waals surface area (Å²) in [7, 11) is 0. The van der Waals surface area contributed by atoms with E-state index in [0.717, 1.165) is 75.5 Å². The summed E-state index contributed by atoms with van der Waals surface area (Å²) in [5.74, 6) is 2.00. The molecular weight excluding hydrogens is 454 g/mol. The van der Waals surface area contributed by atoms with Crippen LogP contribution in [0.25, 0.3) is 21.3 Å². The lowest BCUT2D eigenvalue weighted by Crippen LogP contribution is -2.47. The molecule has 0 bridgehead atoms. The van der Waals surface area contributed by atoms with E-state index in [-0.39, 0.29) is 0 Å². The van der Waals surface area contributed by atoms with Gasteiger partial charge >= 0.3 is 0 Å². The SMILES string of the molecule is Cc1cccc(N2CCN(c3nc(CN4CCOCC4)nc4scc(-c5ccccc5)c34)CC2)c1. The van der Waals surface area contributed by atoms with E-state index in [9.17, 15) is 0 Å². The molecule has 0 spiro atoms. The summed E-state index contributed by atoms with van der Waals surface area (Å²) in [6.45, 7) is 10.2. The van der Waals surface area contributed by atoms with Crippen molar-refractivity contribution >= 4 is 33.1 Å². The fourth-order valence-electron chi connectivity index (χ4n) is 5.06. The first-order valence-electron chi connectivity index (χ1n) is 12.4. The van der Waals surface area contributed by atoms with Gasteiger partial charge in [0.05, 0.1) is 25.1 Å². The Kier molecular flexibility index (Phi) is 6.37. The molecule has 35 heavy (non-hydrogen) atoms. The van der Waals surface area contributed by atoms with Gasteiger partial charge in [-0.2, -0.15) is 0 Å². The van der Waals surface area contributed by atoms with Gasteiger partial charge in [0.15, 0.2) is 0 Å². The van der Waals surface area contributed by atoms with Crippen LogP contribution in [0, 0.1) is 6.92 Å². The second kappa shape index (κ2) is 9.93. The van der Waals surface area contributed by atoms with E-state index < -0.39 is 0 Å². The maximum atomic E-state index is 5.54.